The van der Waals surface area contributed by atoms with Crippen molar-refractivity contribution in [3.63, 3.8) is 0 Å². The summed E-state index contributed by atoms with van der Waals surface area (Å²) in [7, 11) is 0. The summed E-state index contributed by atoms with van der Waals surface area (Å²) in [5, 5.41) is 11.8. The first-order valence-corrected chi connectivity index (χ1v) is 14.3. The van der Waals surface area contributed by atoms with Gasteiger partial charge in [0.2, 0.25) is 5.89 Å². The number of amides is 1. The lowest BCUT2D eigenvalue weighted by molar-refractivity contribution is -0.136. The molecule has 0 aliphatic carbocycles. The van der Waals surface area contributed by atoms with E-state index in [1.807, 2.05) is 37.3 Å². The molecule has 0 saturated heterocycles. The SMILES string of the molecule is CC(=O)c1ccc(Oc2ccc(-c3nc(CCOc4ccc(CCC(=O)O)c(CNC(=O)OC(C)C)c4)c(C)o3)cc2)cc1. The van der Waals surface area contributed by atoms with Gasteiger partial charge < -0.3 is 29.1 Å². The van der Waals surface area contributed by atoms with E-state index in [2.05, 4.69) is 10.3 Å². The molecule has 0 unspecified atom stereocenters. The first kappa shape index (κ1) is 31.8. The van der Waals surface area contributed by atoms with Crippen LogP contribution in [0.5, 0.6) is 17.2 Å². The summed E-state index contributed by atoms with van der Waals surface area (Å²) in [4.78, 5) is 39.2. The van der Waals surface area contributed by atoms with Gasteiger partial charge in [0, 0.05) is 30.5 Å². The second kappa shape index (κ2) is 14.9. The third-order valence-corrected chi connectivity index (χ3v) is 6.65. The van der Waals surface area contributed by atoms with Crippen LogP contribution in [-0.2, 0) is 28.9 Å². The van der Waals surface area contributed by atoms with Crippen LogP contribution in [0.15, 0.2) is 71.1 Å². The van der Waals surface area contributed by atoms with Crippen molar-refractivity contribution in [2.75, 3.05) is 6.61 Å². The maximum atomic E-state index is 12.0. The normalized spacial score (nSPS) is 10.8. The number of nitrogens with zero attached hydrogens (tertiary/aromatic N) is 1. The Labute approximate surface area is 256 Å². The van der Waals surface area contributed by atoms with E-state index >= 15 is 0 Å². The number of rotatable bonds is 14. The summed E-state index contributed by atoms with van der Waals surface area (Å²) in [6.07, 6.45) is 0.00301. The van der Waals surface area contributed by atoms with Gasteiger partial charge in [0.1, 0.15) is 23.0 Å². The number of carboxylic acid groups (broad SMARTS) is 1. The molecule has 0 spiro atoms. The predicted molar refractivity (Wildman–Crippen MR) is 163 cm³/mol. The number of hydrogen-bond donors (Lipinski definition) is 2. The summed E-state index contributed by atoms with van der Waals surface area (Å²) in [6, 6.07) is 19.8. The zero-order valence-electron chi connectivity index (χ0n) is 25.2. The zero-order chi connectivity index (χ0) is 31.6. The van der Waals surface area contributed by atoms with Crippen LogP contribution in [0.4, 0.5) is 4.79 Å². The number of nitrogens with one attached hydrogen (secondary N) is 1. The molecule has 1 heterocycles. The molecule has 1 aromatic heterocycles. The third kappa shape index (κ3) is 9.19. The quantitative estimate of drug-likeness (QED) is 0.148. The molecule has 0 atom stereocenters. The van der Waals surface area contributed by atoms with Crippen molar-refractivity contribution in [2.45, 2.75) is 59.6 Å². The van der Waals surface area contributed by atoms with E-state index < -0.39 is 12.1 Å². The minimum Gasteiger partial charge on any atom is -0.493 e. The monoisotopic (exact) mass is 600 g/mol. The van der Waals surface area contributed by atoms with E-state index in [0.29, 0.717) is 53.9 Å². The molecule has 44 heavy (non-hydrogen) atoms. The van der Waals surface area contributed by atoms with Crippen molar-refractivity contribution in [3.8, 4) is 28.7 Å². The Morgan fingerprint density at radius 3 is 2.20 bits per heavy atom. The average molecular weight is 601 g/mol. The van der Waals surface area contributed by atoms with Crippen LogP contribution in [0.2, 0.25) is 0 Å². The summed E-state index contributed by atoms with van der Waals surface area (Å²) in [5.74, 6) is 2.14. The second-order valence-corrected chi connectivity index (χ2v) is 10.5. The smallest absolute Gasteiger partial charge is 0.407 e. The lowest BCUT2D eigenvalue weighted by Crippen LogP contribution is -2.26. The zero-order valence-corrected chi connectivity index (χ0v) is 25.2. The molecule has 1 amide bonds. The first-order chi connectivity index (χ1) is 21.1. The third-order valence-electron chi connectivity index (χ3n) is 6.65. The van der Waals surface area contributed by atoms with Gasteiger partial charge >= 0.3 is 12.1 Å². The number of alkyl carbamates (subject to hydrolysis) is 1. The lowest BCUT2D eigenvalue weighted by atomic mass is 10.0. The molecule has 0 aliphatic heterocycles. The highest BCUT2D eigenvalue weighted by Gasteiger charge is 2.14. The number of carbonyl (C=O) groups excluding carboxylic acids is 2. The standard InChI is InChI=1S/C34H36N2O8/c1-21(2)42-34(40)35-20-27-19-30(15-7-25(27)10-16-32(38)39)41-18-17-31-23(4)43-33(36-31)26-8-13-29(14-9-26)44-28-11-5-24(6-12-28)22(3)37/h5-9,11-15,19,21H,10,16-18,20H2,1-4H3,(H,35,40)(H,38,39). The number of aliphatic carboxylic acids is 1. The van der Waals surface area contributed by atoms with Crippen LogP contribution < -0.4 is 14.8 Å². The molecule has 0 saturated carbocycles. The van der Waals surface area contributed by atoms with E-state index in [9.17, 15) is 14.4 Å². The van der Waals surface area contributed by atoms with Crippen molar-refractivity contribution in [2.24, 2.45) is 0 Å². The van der Waals surface area contributed by atoms with Gasteiger partial charge in [0.25, 0.3) is 0 Å². The Morgan fingerprint density at radius 2 is 1.57 bits per heavy atom. The number of aromatic nitrogens is 1. The number of ether oxygens (including phenoxy) is 3. The Kier molecular flexibility index (Phi) is 10.7. The minimum absolute atomic E-state index is 0.000875. The fourth-order valence-corrected chi connectivity index (χ4v) is 4.37. The summed E-state index contributed by atoms with van der Waals surface area (Å²) in [5.41, 5.74) is 3.75. The molecule has 0 aliphatic rings. The number of carbonyl (C=O) groups is 3. The molecule has 4 aromatic rings. The molecular weight excluding hydrogens is 564 g/mol. The van der Waals surface area contributed by atoms with Gasteiger partial charge in [-0.3, -0.25) is 9.59 Å². The Hall–Kier alpha value is -5.12. The van der Waals surface area contributed by atoms with Crippen LogP contribution in [0.25, 0.3) is 11.5 Å². The number of oxazole rings is 1. The molecule has 0 bridgehead atoms. The van der Waals surface area contributed by atoms with Gasteiger partial charge in [0.15, 0.2) is 5.78 Å². The van der Waals surface area contributed by atoms with E-state index in [4.69, 9.17) is 23.7 Å². The summed E-state index contributed by atoms with van der Waals surface area (Å²) < 4.78 is 22.9. The van der Waals surface area contributed by atoms with Gasteiger partial charge in [-0.05, 0) is 106 Å². The topological polar surface area (TPSA) is 137 Å². The fourth-order valence-electron chi connectivity index (χ4n) is 4.37. The average Bonchev–Trinajstić information content (AvgIpc) is 3.35. The van der Waals surface area contributed by atoms with E-state index in [-0.39, 0.29) is 24.9 Å². The van der Waals surface area contributed by atoms with Crippen molar-refractivity contribution >= 4 is 17.8 Å². The van der Waals surface area contributed by atoms with Gasteiger partial charge in [0.05, 0.1) is 18.4 Å². The molecule has 2 N–H and O–H groups in total. The van der Waals surface area contributed by atoms with Gasteiger partial charge in [-0.15, -0.1) is 0 Å². The molecule has 3 aromatic carbocycles. The summed E-state index contributed by atoms with van der Waals surface area (Å²) >= 11 is 0. The first-order valence-electron chi connectivity index (χ1n) is 14.3. The van der Waals surface area contributed by atoms with Gasteiger partial charge in [-0.1, -0.05) is 6.07 Å². The number of hydrogen-bond acceptors (Lipinski definition) is 8. The van der Waals surface area contributed by atoms with E-state index in [0.717, 1.165) is 22.4 Å². The largest absolute Gasteiger partial charge is 0.493 e. The Bertz CT molecular complexity index is 1590. The summed E-state index contributed by atoms with van der Waals surface area (Å²) in [6.45, 7) is 7.41. The molecular formula is C34H36N2O8. The maximum absolute atomic E-state index is 12.0. The lowest BCUT2D eigenvalue weighted by Gasteiger charge is -2.14. The second-order valence-electron chi connectivity index (χ2n) is 10.5. The Morgan fingerprint density at radius 1 is 0.909 bits per heavy atom. The number of Topliss-reactive ketones (excluding diaryl/α,β-unsaturated/α-hetero) is 1. The fraction of sp³-hybridized carbons (Fsp3) is 0.294. The highest BCUT2D eigenvalue weighted by Crippen LogP contribution is 2.27. The molecule has 0 fully saturated rings. The van der Waals surface area contributed by atoms with Crippen molar-refractivity contribution < 1.29 is 38.1 Å². The van der Waals surface area contributed by atoms with E-state index in [1.165, 1.54) is 6.92 Å². The molecule has 4 rings (SSSR count). The Balaban J connectivity index is 1.35. The molecule has 10 nitrogen and oxygen atoms in total. The number of ketones is 1. The maximum Gasteiger partial charge on any atom is 0.407 e. The van der Waals surface area contributed by atoms with Gasteiger partial charge in [-0.25, -0.2) is 9.78 Å². The number of benzene rings is 3. The van der Waals surface area contributed by atoms with Crippen LogP contribution >= 0.6 is 0 Å². The molecule has 10 heteroatoms. The van der Waals surface area contributed by atoms with Crippen molar-refractivity contribution in [1.82, 2.24) is 10.3 Å². The van der Waals surface area contributed by atoms with Crippen LogP contribution in [0.3, 0.4) is 0 Å². The number of carboxylic acids is 1. The highest BCUT2D eigenvalue weighted by molar-refractivity contribution is 5.94. The van der Waals surface area contributed by atoms with Crippen LogP contribution in [0.1, 0.15) is 60.1 Å². The molecule has 230 valence electrons. The number of aryl methyl sites for hydroxylation is 2. The van der Waals surface area contributed by atoms with Crippen LogP contribution in [0, 0.1) is 6.92 Å². The van der Waals surface area contributed by atoms with Crippen molar-refractivity contribution in [3.05, 3.63) is 94.9 Å². The molecule has 0 radical (unpaired) electrons. The highest BCUT2D eigenvalue weighted by atomic mass is 16.6. The van der Waals surface area contributed by atoms with Crippen LogP contribution in [-0.4, -0.2) is 40.6 Å². The predicted octanol–water partition coefficient (Wildman–Crippen LogP) is 6.92. The van der Waals surface area contributed by atoms with Gasteiger partial charge in [-0.2, -0.15) is 0 Å². The van der Waals surface area contributed by atoms with E-state index in [1.54, 1.807) is 50.2 Å². The van der Waals surface area contributed by atoms with Crippen molar-refractivity contribution in [1.29, 1.82) is 0 Å². The minimum atomic E-state index is -0.896.